The molecule has 0 radical (unpaired) electrons. The molecule has 0 spiro atoms. The Morgan fingerprint density at radius 1 is 1.50 bits per heavy atom. The van der Waals surface area contributed by atoms with Crippen LogP contribution in [-0.2, 0) is 9.53 Å². The minimum Gasteiger partial charge on any atom is -0.380 e. The highest BCUT2D eigenvalue weighted by atomic mass is 79.9. The predicted molar refractivity (Wildman–Crippen MR) is 74.7 cm³/mol. The number of hydrogen-bond acceptors (Lipinski definition) is 3. The third-order valence-electron chi connectivity index (χ3n) is 3.05. The maximum absolute atomic E-state index is 12.1. The second-order valence-electron chi connectivity index (χ2n) is 4.56. The fourth-order valence-corrected chi connectivity index (χ4v) is 2.73. The Morgan fingerprint density at radius 2 is 2.28 bits per heavy atom. The number of rotatable bonds is 3. The van der Waals surface area contributed by atoms with Crippen LogP contribution in [0.3, 0.4) is 0 Å². The van der Waals surface area contributed by atoms with Crippen molar-refractivity contribution in [3.63, 3.8) is 0 Å². The van der Waals surface area contributed by atoms with E-state index < -0.39 is 0 Å². The van der Waals surface area contributed by atoms with Crippen LogP contribution in [-0.4, -0.2) is 31.7 Å². The zero-order valence-corrected chi connectivity index (χ0v) is 12.1. The van der Waals surface area contributed by atoms with Gasteiger partial charge in [-0.3, -0.25) is 4.79 Å². The summed E-state index contributed by atoms with van der Waals surface area (Å²) >= 11 is 3.42. The van der Waals surface area contributed by atoms with E-state index in [0.29, 0.717) is 0 Å². The molecule has 98 valence electrons. The van der Waals surface area contributed by atoms with Crippen LogP contribution in [0.5, 0.6) is 0 Å². The summed E-state index contributed by atoms with van der Waals surface area (Å²) in [6, 6.07) is 5.68. The van der Waals surface area contributed by atoms with Crippen molar-refractivity contribution >= 4 is 27.5 Å². The minimum absolute atomic E-state index is 0.00736. The molecule has 2 unspecified atom stereocenters. The standard InChI is InChI=1S/C13H17BrN2O2/c1-8-3-9(14)5-10(4-8)16-13(17)12-6-11(18-2)7-15-12/h3-5,11-12,15H,6-7H2,1-2H3,(H,16,17). The number of carbonyl (C=O) groups is 1. The monoisotopic (exact) mass is 312 g/mol. The molecule has 1 saturated heterocycles. The number of benzene rings is 1. The lowest BCUT2D eigenvalue weighted by Gasteiger charge is -2.12. The van der Waals surface area contributed by atoms with Gasteiger partial charge >= 0.3 is 0 Å². The number of methoxy groups -OCH3 is 1. The Labute approximate surface area is 115 Å². The van der Waals surface area contributed by atoms with Crippen LogP contribution < -0.4 is 10.6 Å². The van der Waals surface area contributed by atoms with Gasteiger partial charge in [-0.25, -0.2) is 0 Å². The van der Waals surface area contributed by atoms with E-state index in [1.807, 2.05) is 25.1 Å². The van der Waals surface area contributed by atoms with Crippen molar-refractivity contribution in [2.45, 2.75) is 25.5 Å². The highest BCUT2D eigenvalue weighted by Crippen LogP contribution is 2.20. The fourth-order valence-electron chi connectivity index (χ4n) is 2.12. The molecule has 0 aliphatic carbocycles. The lowest BCUT2D eigenvalue weighted by atomic mass is 10.1. The largest absolute Gasteiger partial charge is 0.380 e. The first-order chi connectivity index (χ1) is 8.58. The van der Waals surface area contributed by atoms with Gasteiger partial charge in [-0.15, -0.1) is 0 Å². The van der Waals surface area contributed by atoms with Crippen molar-refractivity contribution in [2.75, 3.05) is 19.0 Å². The quantitative estimate of drug-likeness (QED) is 0.898. The first-order valence-electron chi connectivity index (χ1n) is 5.92. The maximum Gasteiger partial charge on any atom is 0.241 e. The number of amides is 1. The number of nitrogens with one attached hydrogen (secondary N) is 2. The topological polar surface area (TPSA) is 50.4 Å². The smallest absolute Gasteiger partial charge is 0.241 e. The second-order valence-corrected chi connectivity index (χ2v) is 5.48. The van der Waals surface area contributed by atoms with Crippen LogP contribution in [0.15, 0.2) is 22.7 Å². The molecule has 0 saturated carbocycles. The van der Waals surface area contributed by atoms with Gasteiger partial charge in [-0.2, -0.15) is 0 Å². The van der Waals surface area contributed by atoms with Gasteiger partial charge < -0.3 is 15.4 Å². The molecule has 2 rings (SSSR count). The van der Waals surface area contributed by atoms with Crippen LogP contribution in [0.4, 0.5) is 5.69 Å². The zero-order chi connectivity index (χ0) is 13.1. The first-order valence-corrected chi connectivity index (χ1v) is 6.72. The molecule has 4 nitrogen and oxygen atoms in total. The van der Waals surface area contributed by atoms with E-state index >= 15 is 0 Å². The van der Waals surface area contributed by atoms with Crippen molar-refractivity contribution in [1.29, 1.82) is 0 Å². The van der Waals surface area contributed by atoms with Gasteiger partial charge in [0.25, 0.3) is 0 Å². The first kappa shape index (κ1) is 13.5. The Balaban J connectivity index is 1.99. The number of carbonyl (C=O) groups excluding carboxylic acids is 1. The summed E-state index contributed by atoms with van der Waals surface area (Å²) in [6.45, 7) is 2.72. The summed E-state index contributed by atoms with van der Waals surface area (Å²) in [5.74, 6) is -0.00736. The Kier molecular flexibility index (Phi) is 4.37. The van der Waals surface area contributed by atoms with Crippen molar-refractivity contribution in [1.82, 2.24) is 5.32 Å². The molecule has 1 fully saturated rings. The summed E-state index contributed by atoms with van der Waals surface area (Å²) in [5, 5.41) is 6.08. The summed E-state index contributed by atoms with van der Waals surface area (Å²) in [5.41, 5.74) is 1.92. The van der Waals surface area contributed by atoms with Gasteiger partial charge in [0.2, 0.25) is 5.91 Å². The van der Waals surface area contributed by atoms with Crippen molar-refractivity contribution < 1.29 is 9.53 Å². The Hall–Kier alpha value is -0.910. The summed E-state index contributed by atoms with van der Waals surface area (Å²) in [7, 11) is 1.67. The van der Waals surface area contributed by atoms with Crippen LogP contribution >= 0.6 is 15.9 Å². The number of anilines is 1. The summed E-state index contributed by atoms with van der Waals surface area (Å²) in [6.07, 6.45) is 0.847. The lowest BCUT2D eigenvalue weighted by Crippen LogP contribution is -2.35. The third-order valence-corrected chi connectivity index (χ3v) is 3.51. The minimum atomic E-state index is -0.172. The lowest BCUT2D eigenvalue weighted by molar-refractivity contribution is -0.118. The predicted octanol–water partition coefficient (Wildman–Crippen LogP) is 2.07. The maximum atomic E-state index is 12.1. The molecular weight excluding hydrogens is 296 g/mol. The SMILES string of the molecule is COC1CNC(C(=O)Nc2cc(C)cc(Br)c2)C1. The number of ether oxygens (including phenoxy) is 1. The number of aryl methyl sites for hydroxylation is 1. The second kappa shape index (κ2) is 5.82. The molecule has 5 heteroatoms. The molecule has 0 bridgehead atoms. The van der Waals surface area contributed by atoms with E-state index in [1.165, 1.54) is 0 Å². The molecule has 18 heavy (non-hydrogen) atoms. The van der Waals surface area contributed by atoms with Gasteiger partial charge in [0.1, 0.15) is 0 Å². The van der Waals surface area contributed by atoms with Crippen LogP contribution in [0, 0.1) is 6.92 Å². The van der Waals surface area contributed by atoms with E-state index in [1.54, 1.807) is 7.11 Å². The van der Waals surface area contributed by atoms with E-state index in [-0.39, 0.29) is 18.1 Å². The van der Waals surface area contributed by atoms with E-state index in [2.05, 4.69) is 26.6 Å². The molecule has 0 aromatic heterocycles. The van der Waals surface area contributed by atoms with Crippen molar-refractivity contribution in [2.24, 2.45) is 0 Å². The van der Waals surface area contributed by atoms with Gasteiger partial charge in [-0.05, 0) is 37.1 Å². The van der Waals surface area contributed by atoms with Crippen LogP contribution in [0.2, 0.25) is 0 Å². The molecule has 1 aliphatic heterocycles. The van der Waals surface area contributed by atoms with E-state index in [4.69, 9.17) is 4.74 Å². The van der Waals surface area contributed by atoms with E-state index in [9.17, 15) is 4.79 Å². The molecule has 1 aromatic rings. The molecular formula is C13H17BrN2O2. The normalized spacial score (nSPS) is 23.1. The average Bonchev–Trinajstić information content (AvgIpc) is 2.75. The van der Waals surface area contributed by atoms with Gasteiger partial charge in [0.15, 0.2) is 0 Å². The third kappa shape index (κ3) is 3.31. The number of halogens is 1. The highest BCUT2D eigenvalue weighted by Gasteiger charge is 2.29. The fraction of sp³-hybridized carbons (Fsp3) is 0.462. The molecule has 1 amide bonds. The average molecular weight is 313 g/mol. The highest BCUT2D eigenvalue weighted by molar-refractivity contribution is 9.10. The summed E-state index contributed by atoms with van der Waals surface area (Å²) < 4.78 is 6.19. The Bertz CT molecular complexity index is 430. The van der Waals surface area contributed by atoms with E-state index in [0.717, 1.165) is 28.7 Å². The molecule has 2 N–H and O–H groups in total. The van der Waals surface area contributed by atoms with Crippen molar-refractivity contribution in [3.8, 4) is 0 Å². The van der Waals surface area contributed by atoms with Crippen LogP contribution in [0.25, 0.3) is 0 Å². The zero-order valence-electron chi connectivity index (χ0n) is 10.5. The van der Waals surface area contributed by atoms with Gasteiger partial charge in [0, 0.05) is 23.8 Å². The van der Waals surface area contributed by atoms with Gasteiger partial charge in [-0.1, -0.05) is 15.9 Å². The summed E-state index contributed by atoms with van der Waals surface area (Å²) in [4.78, 5) is 12.1. The van der Waals surface area contributed by atoms with Crippen LogP contribution in [0.1, 0.15) is 12.0 Å². The molecule has 1 aliphatic rings. The number of hydrogen-bond donors (Lipinski definition) is 2. The Morgan fingerprint density at radius 3 is 2.89 bits per heavy atom. The molecule has 2 atom stereocenters. The van der Waals surface area contributed by atoms with Crippen molar-refractivity contribution in [3.05, 3.63) is 28.2 Å². The van der Waals surface area contributed by atoms with Gasteiger partial charge in [0.05, 0.1) is 12.1 Å². The molecule has 1 heterocycles. The molecule has 1 aromatic carbocycles.